The predicted octanol–water partition coefficient (Wildman–Crippen LogP) is 4.66. The molecule has 25 heavy (non-hydrogen) atoms. The average molecular weight is 351 g/mol. The number of nitrogens with zero attached hydrogens (tertiary/aromatic N) is 1. The van der Waals surface area contributed by atoms with E-state index < -0.39 is 0 Å². The molecular weight excluding hydrogens is 328 g/mol. The number of thioether (sulfide) groups is 1. The minimum atomic E-state index is 0.0588. The van der Waals surface area contributed by atoms with Gasteiger partial charge < -0.3 is 5.32 Å². The van der Waals surface area contributed by atoms with Crippen molar-refractivity contribution < 1.29 is 9.36 Å². The van der Waals surface area contributed by atoms with Crippen LogP contribution in [0.1, 0.15) is 24.2 Å². The Labute approximate surface area is 153 Å². The number of nitrogens with one attached hydrogen (secondary N) is 1. The van der Waals surface area contributed by atoms with Gasteiger partial charge in [0.2, 0.25) is 10.6 Å². The molecule has 1 aromatic heterocycles. The number of carbonyl (C=O) groups is 1. The molecule has 128 valence electrons. The van der Waals surface area contributed by atoms with Crippen LogP contribution in [0.2, 0.25) is 0 Å². The molecule has 3 nitrogen and oxygen atoms in total. The van der Waals surface area contributed by atoms with Crippen LogP contribution in [-0.2, 0) is 7.05 Å². The Morgan fingerprint density at radius 2 is 1.76 bits per heavy atom. The Bertz CT molecular complexity index is 891. The quantitative estimate of drug-likeness (QED) is 0.536. The SMILES string of the molecule is CC(C)CNc1c(SC(=O)c2ccccc2)c[n+](C)c2ccccc12. The molecule has 4 heteroatoms. The molecule has 0 spiro atoms. The second-order valence-electron chi connectivity index (χ2n) is 6.53. The van der Waals surface area contributed by atoms with Crippen LogP contribution in [0.5, 0.6) is 0 Å². The van der Waals surface area contributed by atoms with Crippen LogP contribution >= 0.6 is 11.8 Å². The van der Waals surface area contributed by atoms with Gasteiger partial charge in [0.25, 0.3) is 0 Å². The van der Waals surface area contributed by atoms with E-state index in [9.17, 15) is 4.79 Å². The monoisotopic (exact) mass is 351 g/mol. The number of rotatable bonds is 5. The van der Waals surface area contributed by atoms with Crippen molar-refractivity contribution in [2.24, 2.45) is 13.0 Å². The summed E-state index contributed by atoms with van der Waals surface area (Å²) in [4.78, 5) is 13.6. The van der Waals surface area contributed by atoms with Crippen LogP contribution in [0, 0.1) is 5.92 Å². The number of pyridine rings is 1. The fraction of sp³-hybridized carbons (Fsp3) is 0.238. The number of aryl methyl sites for hydroxylation is 1. The van der Waals surface area contributed by atoms with E-state index in [2.05, 4.69) is 35.9 Å². The van der Waals surface area contributed by atoms with Crippen molar-refractivity contribution in [3.8, 4) is 0 Å². The molecular formula is C21H23N2OS+. The van der Waals surface area contributed by atoms with Crippen LogP contribution < -0.4 is 9.88 Å². The third kappa shape index (κ3) is 4.02. The number of aromatic nitrogens is 1. The fourth-order valence-electron chi connectivity index (χ4n) is 2.73. The van der Waals surface area contributed by atoms with Crippen molar-refractivity contribution in [2.75, 3.05) is 11.9 Å². The Balaban J connectivity index is 2.03. The number of fused-ring (bicyclic) bond motifs is 1. The second kappa shape index (κ2) is 7.70. The molecule has 0 amide bonds. The number of carbonyl (C=O) groups excluding carboxylic acids is 1. The van der Waals surface area contributed by atoms with E-state index >= 15 is 0 Å². The lowest BCUT2D eigenvalue weighted by atomic mass is 10.1. The molecule has 0 saturated heterocycles. The fourth-order valence-corrected chi connectivity index (χ4v) is 3.68. The molecule has 3 rings (SSSR count). The average Bonchev–Trinajstić information content (AvgIpc) is 2.62. The summed E-state index contributed by atoms with van der Waals surface area (Å²) in [7, 11) is 2.02. The number of hydrogen-bond donors (Lipinski definition) is 1. The summed E-state index contributed by atoms with van der Waals surface area (Å²) in [6.45, 7) is 5.23. The molecule has 0 unspecified atom stereocenters. The van der Waals surface area contributed by atoms with Gasteiger partial charge in [-0.25, -0.2) is 0 Å². The summed E-state index contributed by atoms with van der Waals surface area (Å²) in [5, 5.41) is 4.75. The molecule has 0 aliphatic carbocycles. The highest BCUT2D eigenvalue weighted by atomic mass is 32.2. The van der Waals surface area contributed by atoms with Gasteiger partial charge in [0.05, 0.1) is 11.1 Å². The van der Waals surface area contributed by atoms with Gasteiger partial charge in [0.15, 0.2) is 6.20 Å². The van der Waals surface area contributed by atoms with E-state index in [1.165, 1.54) is 11.8 Å². The van der Waals surface area contributed by atoms with E-state index in [1.807, 2.05) is 55.7 Å². The Morgan fingerprint density at radius 1 is 1.08 bits per heavy atom. The van der Waals surface area contributed by atoms with Crippen LogP contribution in [0.25, 0.3) is 10.9 Å². The first kappa shape index (κ1) is 17.5. The summed E-state index contributed by atoms with van der Waals surface area (Å²) in [5.41, 5.74) is 2.90. The highest BCUT2D eigenvalue weighted by molar-refractivity contribution is 8.14. The maximum absolute atomic E-state index is 12.7. The Hall–Kier alpha value is -2.33. The Morgan fingerprint density at radius 3 is 2.48 bits per heavy atom. The smallest absolute Gasteiger partial charge is 0.224 e. The summed E-state index contributed by atoms with van der Waals surface area (Å²) in [5.74, 6) is 0.524. The zero-order chi connectivity index (χ0) is 17.8. The van der Waals surface area contributed by atoms with Gasteiger partial charge in [0.1, 0.15) is 11.9 Å². The van der Waals surface area contributed by atoms with E-state index in [4.69, 9.17) is 0 Å². The molecule has 0 atom stereocenters. The zero-order valence-corrected chi connectivity index (χ0v) is 15.6. The standard InChI is InChI=1S/C21H22N2OS/c1-15(2)13-22-20-17-11-7-8-12-18(17)23(3)14-19(20)25-21(24)16-9-5-4-6-10-16/h4-12,14-15H,13H2,1-3H3/p+1. The van der Waals surface area contributed by atoms with Gasteiger partial charge in [-0.15, -0.1) is 0 Å². The summed E-state index contributed by atoms with van der Waals surface area (Å²) >= 11 is 1.28. The molecule has 0 saturated carbocycles. The molecule has 0 aliphatic heterocycles. The summed E-state index contributed by atoms with van der Waals surface area (Å²) < 4.78 is 2.08. The minimum Gasteiger partial charge on any atom is -0.383 e. The first-order valence-corrected chi connectivity index (χ1v) is 9.30. The van der Waals surface area contributed by atoms with Gasteiger partial charge in [-0.05, 0) is 23.7 Å². The molecule has 0 fully saturated rings. The molecule has 0 aliphatic rings. The van der Waals surface area contributed by atoms with E-state index in [0.29, 0.717) is 5.92 Å². The lowest BCUT2D eigenvalue weighted by Crippen LogP contribution is -2.29. The normalized spacial score (nSPS) is 11.0. The topological polar surface area (TPSA) is 33.0 Å². The van der Waals surface area contributed by atoms with Crippen molar-refractivity contribution in [1.82, 2.24) is 0 Å². The largest absolute Gasteiger partial charge is 0.383 e. The van der Waals surface area contributed by atoms with Crippen LogP contribution in [0.4, 0.5) is 5.69 Å². The number of anilines is 1. The molecule has 0 bridgehead atoms. The zero-order valence-electron chi connectivity index (χ0n) is 14.8. The van der Waals surface area contributed by atoms with E-state index in [1.54, 1.807) is 0 Å². The number of para-hydroxylation sites is 1. The van der Waals surface area contributed by atoms with Crippen LogP contribution in [-0.4, -0.2) is 11.7 Å². The minimum absolute atomic E-state index is 0.0588. The summed E-state index contributed by atoms with van der Waals surface area (Å²) in [6, 6.07) is 17.7. The number of hydrogen-bond acceptors (Lipinski definition) is 3. The van der Waals surface area contributed by atoms with Gasteiger partial charge in [-0.1, -0.05) is 56.3 Å². The predicted molar refractivity (Wildman–Crippen MR) is 105 cm³/mol. The highest BCUT2D eigenvalue weighted by Crippen LogP contribution is 2.34. The lowest BCUT2D eigenvalue weighted by molar-refractivity contribution is -0.646. The van der Waals surface area contributed by atoms with Crippen LogP contribution in [0.15, 0.2) is 65.7 Å². The van der Waals surface area contributed by atoms with E-state index in [0.717, 1.165) is 33.6 Å². The third-order valence-electron chi connectivity index (χ3n) is 4.01. The van der Waals surface area contributed by atoms with Crippen molar-refractivity contribution >= 4 is 33.5 Å². The van der Waals surface area contributed by atoms with Gasteiger partial charge in [0, 0.05) is 18.2 Å². The molecule has 1 N–H and O–H groups in total. The van der Waals surface area contributed by atoms with Gasteiger partial charge in [-0.3, -0.25) is 4.79 Å². The first-order chi connectivity index (χ1) is 12.1. The van der Waals surface area contributed by atoms with Gasteiger partial charge in [-0.2, -0.15) is 4.57 Å². The maximum Gasteiger partial charge on any atom is 0.224 e. The molecule has 0 radical (unpaired) electrons. The second-order valence-corrected chi connectivity index (χ2v) is 7.54. The first-order valence-electron chi connectivity index (χ1n) is 8.48. The Kier molecular flexibility index (Phi) is 5.39. The maximum atomic E-state index is 12.7. The van der Waals surface area contributed by atoms with Crippen molar-refractivity contribution in [2.45, 2.75) is 18.7 Å². The number of benzene rings is 2. The molecule has 2 aromatic carbocycles. The molecule has 3 aromatic rings. The van der Waals surface area contributed by atoms with Crippen molar-refractivity contribution in [3.05, 3.63) is 66.4 Å². The lowest BCUT2D eigenvalue weighted by Gasteiger charge is -2.14. The summed E-state index contributed by atoms with van der Waals surface area (Å²) in [6.07, 6.45) is 2.04. The molecule has 1 heterocycles. The van der Waals surface area contributed by atoms with Gasteiger partial charge >= 0.3 is 0 Å². The van der Waals surface area contributed by atoms with Crippen molar-refractivity contribution in [1.29, 1.82) is 0 Å². The van der Waals surface area contributed by atoms with Crippen LogP contribution in [0.3, 0.4) is 0 Å². The third-order valence-corrected chi connectivity index (χ3v) is 4.96. The van der Waals surface area contributed by atoms with E-state index in [-0.39, 0.29) is 5.12 Å². The highest BCUT2D eigenvalue weighted by Gasteiger charge is 2.19. The van der Waals surface area contributed by atoms with Crippen molar-refractivity contribution in [3.63, 3.8) is 0 Å².